The molecular weight excluding hydrogens is 312 g/mol. The fourth-order valence-corrected chi connectivity index (χ4v) is 3.37. The Balaban J connectivity index is 2.05. The average molecular weight is 330 g/mol. The molecule has 122 valence electrons. The van der Waals surface area contributed by atoms with Crippen molar-refractivity contribution in [3.8, 4) is 45.7 Å². The third kappa shape index (κ3) is 2.92. The van der Waals surface area contributed by atoms with E-state index < -0.39 is 0 Å². The third-order valence-corrected chi connectivity index (χ3v) is 4.58. The van der Waals surface area contributed by atoms with Crippen LogP contribution in [0.5, 0.6) is 0 Å². The molecule has 0 unspecified atom stereocenters. The molecule has 26 heavy (non-hydrogen) atoms. The van der Waals surface area contributed by atoms with Crippen LogP contribution in [0.15, 0.2) is 103 Å². The molecule has 0 nitrogen and oxygen atoms in total. The van der Waals surface area contributed by atoms with Crippen molar-refractivity contribution >= 4 is 0 Å². The van der Waals surface area contributed by atoms with Crippen molar-refractivity contribution in [2.75, 3.05) is 0 Å². The highest BCUT2D eigenvalue weighted by molar-refractivity contribution is 5.93. The van der Waals surface area contributed by atoms with E-state index >= 15 is 0 Å². The number of hydrogen-bond donors (Lipinski definition) is 0. The van der Waals surface area contributed by atoms with Gasteiger partial charge in [-0.05, 0) is 27.8 Å². The van der Waals surface area contributed by atoms with Crippen LogP contribution in [0.4, 0.5) is 0 Å². The van der Waals surface area contributed by atoms with Crippen LogP contribution < -0.4 is 0 Å². The highest BCUT2D eigenvalue weighted by Gasteiger charge is 2.16. The standard InChI is InChI=1S/C26H18/c1-2-23-24(20-12-6-3-7-13-20)18-19-25(21-14-8-4-9-15-21)26(23)22-16-10-5-11-17-22/h1,3-19H. The van der Waals surface area contributed by atoms with Crippen LogP contribution in [0.1, 0.15) is 5.56 Å². The highest BCUT2D eigenvalue weighted by Crippen LogP contribution is 2.39. The Morgan fingerprint density at radius 3 is 1.38 bits per heavy atom. The molecule has 4 aromatic carbocycles. The first-order valence-electron chi connectivity index (χ1n) is 8.68. The minimum Gasteiger partial charge on any atom is -0.115 e. The molecule has 0 amide bonds. The maximum absolute atomic E-state index is 6.02. The first-order valence-corrected chi connectivity index (χ1v) is 8.68. The first kappa shape index (κ1) is 15.9. The molecule has 0 aliphatic carbocycles. The third-order valence-electron chi connectivity index (χ3n) is 4.58. The molecule has 0 atom stereocenters. The molecule has 0 bridgehead atoms. The van der Waals surface area contributed by atoms with Crippen LogP contribution in [-0.4, -0.2) is 0 Å². The van der Waals surface area contributed by atoms with E-state index in [0.29, 0.717) is 0 Å². The zero-order valence-electron chi connectivity index (χ0n) is 14.4. The predicted octanol–water partition coefficient (Wildman–Crippen LogP) is 6.67. The molecule has 0 N–H and O–H groups in total. The van der Waals surface area contributed by atoms with Gasteiger partial charge in [0.2, 0.25) is 0 Å². The van der Waals surface area contributed by atoms with Gasteiger partial charge >= 0.3 is 0 Å². The monoisotopic (exact) mass is 330 g/mol. The molecule has 0 saturated carbocycles. The average Bonchev–Trinajstić information content (AvgIpc) is 2.74. The second-order valence-electron chi connectivity index (χ2n) is 6.15. The minimum atomic E-state index is 0.934. The Morgan fingerprint density at radius 2 is 0.885 bits per heavy atom. The van der Waals surface area contributed by atoms with Crippen LogP contribution in [0.25, 0.3) is 33.4 Å². The second kappa shape index (κ2) is 7.13. The van der Waals surface area contributed by atoms with E-state index in [0.717, 1.165) is 33.4 Å². The fraction of sp³-hybridized carbons (Fsp3) is 0. The quantitative estimate of drug-likeness (QED) is 0.368. The molecule has 0 fully saturated rings. The fourth-order valence-electron chi connectivity index (χ4n) is 3.37. The summed E-state index contributed by atoms with van der Waals surface area (Å²) in [4.78, 5) is 0. The second-order valence-corrected chi connectivity index (χ2v) is 6.15. The van der Waals surface area contributed by atoms with Gasteiger partial charge in [-0.15, -0.1) is 6.42 Å². The van der Waals surface area contributed by atoms with Gasteiger partial charge in [0.25, 0.3) is 0 Å². The molecule has 0 saturated heterocycles. The SMILES string of the molecule is C#Cc1c(-c2ccccc2)ccc(-c2ccccc2)c1-c1ccccc1. The van der Waals surface area contributed by atoms with E-state index in [9.17, 15) is 0 Å². The van der Waals surface area contributed by atoms with Crippen molar-refractivity contribution in [3.05, 3.63) is 109 Å². The summed E-state index contributed by atoms with van der Waals surface area (Å²) in [6.07, 6.45) is 6.02. The molecule has 4 rings (SSSR count). The van der Waals surface area contributed by atoms with Crippen LogP contribution >= 0.6 is 0 Å². The zero-order chi connectivity index (χ0) is 17.8. The van der Waals surface area contributed by atoms with Gasteiger partial charge in [0.15, 0.2) is 0 Å². The van der Waals surface area contributed by atoms with Gasteiger partial charge in [-0.1, -0.05) is 109 Å². The predicted molar refractivity (Wildman–Crippen MR) is 111 cm³/mol. The topological polar surface area (TPSA) is 0 Å². The van der Waals surface area contributed by atoms with Gasteiger partial charge in [-0.3, -0.25) is 0 Å². The normalized spacial score (nSPS) is 10.3. The maximum Gasteiger partial charge on any atom is 0.0405 e. The Labute approximate surface area is 154 Å². The summed E-state index contributed by atoms with van der Waals surface area (Å²) in [5.41, 5.74) is 7.73. The molecule has 0 heterocycles. The number of terminal acetylenes is 1. The van der Waals surface area contributed by atoms with Gasteiger partial charge in [0.05, 0.1) is 0 Å². The number of benzene rings is 4. The molecule has 0 radical (unpaired) electrons. The minimum absolute atomic E-state index is 0.934. The molecule has 0 aromatic heterocycles. The molecule has 4 aromatic rings. The van der Waals surface area contributed by atoms with E-state index in [4.69, 9.17) is 6.42 Å². The van der Waals surface area contributed by atoms with Gasteiger partial charge in [0.1, 0.15) is 0 Å². The largest absolute Gasteiger partial charge is 0.115 e. The van der Waals surface area contributed by atoms with E-state index in [1.807, 2.05) is 30.3 Å². The lowest BCUT2D eigenvalue weighted by molar-refractivity contribution is 1.54. The van der Waals surface area contributed by atoms with Crippen molar-refractivity contribution in [2.45, 2.75) is 0 Å². The van der Waals surface area contributed by atoms with Crippen molar-refractivity contribution < 1.29 is 0 Å². The lowest BCUT2D eigenvalue weighted by atomic mass is 9.86. The van der Waals surface area contributed by atoms with Crippen LogP contribution in [0, 0.1) is 12.3 Å². The van der Waals surface area contributed by atoms with E-state index in [2.05, 4.69) is 78.7 Å². The Kier molecular flexibility index (Phi) is 4.37. The number of hydrogen-bond acceptors (Lipinski definition) is 0. The Morgan fingerprint density at radius 1 is 0.462 bits per heavy atom. The van der Waals surface area contributed by atoms with Gasteiger partial charge in [-0.25, -0.2) is 0 Å². The lowest BCUT2D eigenvalue weighted by Crippen LogP contribution is -1.94. The van der Waals surface area contributed by atoms with Gasteiger partial charge < -0.3 is 0 Å². The van der Waals surface area contributed by atoms with E-state index in [-0.39, 0.29) is 0 Å². The molecule has 0 heteroatoms. The Bertz CT molecular complexity index is 1050. The molecular formula is C26H18. The summed E-state index contributed by atoms with van der Waals surface area (Å²) in [7, 11) is 0. The summed E-state index contributed by atoms with van der Waals surface area (Å²) in [5.74, 6) is 2.97. The number of rotatable bonds is 3. The van der Waals surface area contributed by atoms with Gasteiger partial charge in [-0.2, -0.15) is 0 Å². The van der Waals surface area contributed by atoms with Crippen molar-refractivity contribution in [1.82, 2.24) is 0 Å². The molecule has 0 aliphatic rings. The molecule has 0 spiro atoms. The van der Waals surface area contributed by atoms with Crippen LogP contribution in [0.2, 0.25) is 0 Å². The van der Waals surface area contributed by atoms with Crippen molar-refractivity contribution in [2.24, 2.45) is 0 Å². The van der Waals surface area contributed by atoms with E-state index in [1.165, 1.54) is 5.56 Å². The smallest absolute Gasteiger partial charge is 0.0405 e. The van der Waals surface area contributed by atoms with Gasteiger partial charge in [0, 0.05) is 11.1 Å². The molecule has 0 aliphatic heterocycles. The Hall–Kier alpha value is -3.56. The van der Waals surface area contributed by atoms with E-state index in [1.54, 1.807) is 0 Å². The van der Waals surface area contributed by atoms with Crippen LogP contribution in [0.3, 0.4) is 0 Å². The summed E-state index contributed by atoms with van der Waals surface area (Å²) < 4.78 is 0. The van der Waals surface area contributed by atoms with Crippen molar-refractivity contribution in [1.29, 1.82) is 0 Å². The maximum atomic E-state index is 6.02. The lowest BCUT2D eigenvalue weighted by Gasteiger charge is -2.17. The zero-order valence-corrected chi connectivity index (χ0v) is 14.4. The summed E-state index contributed by atoms with van der Waals surface area (Å²) in [5, 5.41) is 0. The summed E-state index contributed by atoms with van der Waals surface area (Å²) in [6, 6.07) is 35.4. The summed E-state index contributed by atoms with van der Waals surface area (Å²) in [6.45, 7) is 0. The summed E-state index contributed by atoms with van der Waals surface area (Å²) >= 11 is 0. The highest BCUT2D eigenvalue weighted by atomic mass is 14.2. The van der Waals surface area contributed by atoms with Crippen LogP contribution in [-0.2, 0) is 0 Å². The van der Waals surface area contributed by atoms with Crippen molar-refractivity contribution in [3.63, 3.8) is 0 Å². The first-order chi connectivity index (χ1) is 12.9.